The van der Waals surface area contributed by atoms with E-state index in [0.717, 1.165) is 18.2 Å². The van der Waals surface area contributed by atoms with E-state index in [-0.39, 0.29) is 17.0 Å². The molecule has 1 amide bonds. The monoisotopic (exact) mass is 417 g/mol. The van der Waals surface area contributed by atoms with E-state index in [1.165, 1.54) is 24.3 Å². The van der Waals surface area contributed by atoms with Gasteiger partial charge in [0.15, 0.2) is 6.61 Å². The Labute approximate surface area is 148 Å². The largest absolute Gasteiger partial charge is 0.483 e. The molecule has 5 nitrogen and oxygen atoms in total. The fourth-order valence-electron chi connectivity index (χ4n) is 1.91. The van der Waals surface area contributed by atoms with Gasteiger partial charge in [-0.1, -0.05) is 22.0 Å². The first-order valence-corrected chi connectivity index (χ1v) is 7.59. The van der Waals surface area contributed by atoms with Crippen molar-refractivity contribution in [3.8, 4) is 5.75 Å². The average Bonchev–Trinajstić information content (AvgIpc) is 2.53. The molecule has 0 saturated carbocycles. The number of ether oxygens (including phenoxy) is 1. The summed E-state index contributed by atoms with van der Waals surface area (Å²) in [5, 5.41) is 11.4. The number of carbonyl (C=O) groups is 2. The summed E-state index contributed by atoms with van der Waals surface area (Å²) in [7, 11) is 0. The van der Waals surface area contributed by atoms with Crippen molar-refractivity contribution >= 4 is 33.5 Å². The number of carboxylic acids is 1. The minimum Gasteiger partial charge on any atom is -0.483 e. The zero-order valence-electron chi connectivity index (χ0n) is 12.4. The van der Waals surface area contributed by atoms with Gasteiger partial charge in [0.05, 0.1) is 5.56 Å². The van der Waals surface area contributed by atoms with E-state index < -0.39 is 30.2 Å². The van der Waals surface area contributed by atoms with Crippen LogP contribution in [0.3, 0.4) is 0 Å². The van der Waals surface area contributed by atoms with Crippen molar-refractivity contribution in [2.75, 3.05) is 11.9 Å². The number of carboxylic acid groups (broad SMARTS) is 1. The number of alkyl halides is 3. The van der Waals surface area contributed by atoms with Crippen molar-refractivity contribution in [2.24, 2.45) is 0 Å². The smallest absolute Gasteiger partial charge is 0.416 e. The maximum atomic E-state index is 12.6. The van der Waals surface area contributed by atoms with E-state index in [4.69, 9.17) is 9.84 Å². The molecule has 2 N–H and O–H groups in total. The lowest BCUT2D eigenvalue weighted by Crippen LogP contribution is -2.21. The number of anilines is 1. The topological polar surface area (TPSA) is 75.6 Å². The predicted molar refractivity (Wildman–Crippen MR) is 86.7 cm³/mol. The van der Waals surface area contributed by atoms with Crippen molar-refractivity contribution < 1.29 is 32.6 Å². The molecule has 0 unspecified atom stereocenters. The van der Waals surface area contributed by atoms with Crippen molar-refractivity contribution in [1.29, 1.82) is 0 Å². The normalized spacial score (nSPS) is 11.0. The third-order valence-corrected chi connectivity index (χ3v) is 3.50. The van der Waals surface area contributed by atoms with E-state index in [1.807, 2.05) is 0 Å². The molecule has 0 aliphatic rings. The van der Waals surface area contributed by atoms with Gasteiger partial charge in [-0.05, 0) is 36.4 Å². The van der Waals surface area contributed by atoms with Crippen molar-refractivity contribution in [1.82, 2.24) is 0 Å². The third-order valence-electron chi connectivity index (χ3n) is 3.00. The van der Waals surface area contributed by atoms with Crippen LogP contribution in [0.5, 0.6) is 5.75 Å². The zero-order valence-corrected chi connectivity index (χ0v) is 14.0. The van der Waals surface area contributed by atoms with Gasteiger partial charge in [-0.15, -0.1) is 0 Å². The Balaban J connectivity index is 2.04. The zero-order chi connectivity index (χ0) is 18.6. The molecule has 0 heterocycles. The Hall–Kier alpha value is -2.55. The number of aromatic carboxylic acids is 1. The number of rotatable bonds is 5. The molecule has 0 saturated heterocycles. The van der Waals surface area contributed by atoms with Crippen molar-refractivity contribution in [2.45, 2.75) is 6.18 Å². The van der Waals surface area contributed by atoms with E-state index in [1.54, 1.807) is 0 Å². The third kappa shape index (κ3) is 5.21. The van der Waals surface area contributed by atoms with Crippen LogP contribution in [0.1, 0.15) is 15.9 Å². The fraction of sp³-hybridized carbons (Fsp3) is 0.125. The van der Waals surface area contributed by atoms with Crippen LogP contribution in [0.25, 0.3) is 0 Å². The average molecular weight is 418 g/mol. The molecule has 0 fully saturated rings. The minimum absolute atomic E-state index is 0.0325. The van der Waals surface area contributed by atoms with Crippen molar-refractivity contribution in [3.63, 3.8) is 0 Å². The molecule has 0 radical (unpaired) electrons. The van der Waals surface area contributed by atoms with Gasteiger partial charge in [0, 0.05) is 10.2 Å². The molecule has 0 aromatic heterocycles. The number of benzene rings is 2. The van der Waals surface area contributed by atoms with Gasteiger partial charge in [0.1, 0.15) is 11.3 Å². The SMILES string of the molecule is O=C(COc1ccc(Br)cc1C(=O)O)Nc1cccc(C(F)(F)F)c1. The number of carbonyl (C=O) groups excluding carboxylic acids is 1. The van der Waals surface area contributed by atoms with Crippen LogP contribution < -0.4 is 10.1 Å². The summed E-state index contributed by atoms with van der Waals surface area (Å²) in [5.74, 6) is -2.00. The number of nitrogens with one attached hydrogen (secondary N) is 1. The minimum atomic E-state index is -4.52. The lowest BCUT2D eigenvalue weighted by atomic mass is 10.2. The maximum Gasteiger partial charge on any atom is 0.416 e. The molecule has 0 spiro atoms. The van der Waals surface area contributed by atoms with E-state index in [9.17, 15) is 22.8 Å². The second-order valence-corrected chi connectivity index (χ2v) is 5.78. The molecule has 0 aliphatic heterocycles. The summed E-state index contributed by atoms with van der Waals surface area (Å²) in [4.78, 5) is 23.0. The number of amides is 1. The van der Waals surface area contributed by atoms with Crippen LogP contribution in [-0.2, 0) is 11.0 Å². The number of halogens is 4. The van der Waals surface area contributed by atoms with Gasteiger partial charge < -0.3 is 15.2 Å². The van der Waals surface area contributed by atoms with Gasteiger partial charge >= 0.3 is 12.1 Å². The summed E-state index contributed by atoms with van der Waals surface area (Å²) in [6, 6.07) is 8.35. The molecule has 2 aromatic carbocycles. The molecule has 0 aliphatic carbocycles. The van der Waals surface area contributed by atoms with Gasteiger partial charge in [-0.25, -0.2) is 4.79 Å². The van der Waals surface area contributed by atoms with Crippen LogP contribution in [0, 0.1) is 0 Å². The second-order valence-electron chi connectivity index (χ2n) is 4.86. The Kier molecular flexibility index (Phi) is 5.68. The molecule has 9 heteroatoms. The van der Waals surface area contributed by atoms with Gasteiger partial charge in [0.25, 0.3) is 5.91 Å². The summed E-state index contributed by atoms with van der Waals surface area (Å²) in [5.41, 5.74) is -1.09. The Morgan fingerprint density at radius 3 is 2.52 bits per heavy atom. The molecule has 2 rings (SSSR count). The number of hydrogen-bond donors (Lipinski definition) is 2. The first-order chi connectivity index (χ1) is 11.7. The first kappa shape index (κ1) is 18.8. The molecule has 132 valence electrons. The molecule has 2 aromatic rings. The second kappa shape index (κ2) is 7.56. The van der Waals surface area contributed by atoms with Crippen LogP contribution >= 0.6 is 15.9 Å². The standard InChI is InChI=1S/C16H11BrF3NO4/c17-10-4-5-13(12(7-10)15(23)24)25-8-14(22)21-11-3-1-2-9(6-11)16(18,19)20/h1-7H,8H2,(H,21,22)(H,23,24). The Morgan fingerprint density at radius 1 is 1.16 bits per heavy atom. The van der Waals surface area contributed by atoms with Crippen LogP contribution in [0.15, 0.2) is 46.9 Å². The highest BCUT2D eigenvalue weighted by molar-refractivity contribution is 9.10. The van der Waals surface area contributed by atoms with Gasteiger partial charge in [0.2, 0.25) is 0 Å². The van der Waals surface area contributed by atoms with Gasteiger partial charge in [-0.2, -0.15) is 13.2 Å². The van der Waals surface area contributed by atoms with Crippen LogP contribution in [0.2, 0.25) is 0 Å². The lowest BCUT2D eigenvalue weighted by molar-refractivity contribution is -0.137. The maximum absolute atomic E-state index is 12.6. The molecular formula is C16H11BrF3NO4. The summed E-state index contributed by atoms with van der Waals surface area (Å²) >= 11 is 3.12. The Morgan fingerprint density at radius 2 is 1.88 bits per heavy atom. The molecule has 0 atom stereocenters. The van der Waals surface area contributed by atoms with Gasteiger partial charge in [-0.3, -0.25) is 4.79 Å². The fourth-order valence-corrected chi connectivity index (χ4v) is 2.27. The van der Waals surface area contributed by atoms with Crippen LogP contribution in [0.4, 0.5) is 18.9 Å². The van der Waals surface area contributed by atoms with Crippen LogP contribution in [-0.4, -0.2) is 23.6 Å². The van der Waals surface area contributed by atoms with Crippen molar-refractivity contribution in [3.05, 3.63) is 58.1 Å². The summed E-state index contributed by atoms with van der Waals surface area (Å²) in [6.45, 7) is -0.557. The molecular weight excluding hydrogens is 407 g/mol. The van der Waals surface area contributed by atoms with E-state index in [0.29, 0.717) is 4.47 Å². The quantitative estimate of drug-likeness (QED) is 0.764. The highest BCUT2D eigenvalue weighted by Gasteiger charge is 2.30. The molecule has 0 bridgehead atoms. The first-order valence-electron chi connectivity index (χ1n) is 6.79. The molecule has 25 heavy (non-hydrogen) atoms. The summed E-state index contributed by atoms with van der Waals surface area (Å²) < 4.78 is 43.6. The highest BCUT2D eigenvalue weighted by atomic mass is 79.9. The highest BCUT2D eigenvalue weighted by Crippen LogP contribution is 2.30. The Bertz CT molecular complexity index is 808. The summed E-state index contributed by atoms with van der Waals surface area (Å²) in [6.07, 6.45) is -4.52. The van der Waals surface area contributed by atoms with E-state index in [2.05, 4.69) is 21.2 Å². The van der Waals surface area contributed by atoms with E-state index >= 15 is 0 Å². The number of hydrogen-bond acceptors (Lipinski definition) is 3. The lowest BCUT2D eigenvalue weighted by Gasteiger charge is -2.11. The predicted octanol–water partition coefficient (Wildman–Crippen LogP) is 4.18.